The van der Waals surface area contributed by atoms with Gasteiger partial charge in [0.25, 0.3) is 0 Å². The molecule has 6 nitrogen and oxygen atoms in total. The minimum atomic E-state index is 0.172. The molecule has 130 valence electrons. The van der Waals surface area contributed by atoms with Gasteiger partial charge in [0.05, 0.1) is 12.6 Å². The highest BCUT2D eigenvalue weighted by molar-refractivity contribution is 5.80. The fourth-order valence-electron chi connectivity index (χ4n) is 3.92. The maximum absolute atomic E-state index is 12.5. The van der Waals surface area contributed by atoms with Gasteiger partial charge in [-0.2, -0.15) is 0 Å². The highest BCUT2D eigenvalue weighted by Gasteiger charge is 2.31. The third-order valence-electron chi connectivity index (χ3n) is 5.27. The summed E-state index contributed by atoms with van der Waals surface area (Å²) >= 11 is 0. The first kappa shape index (κ1) is 16.7. The number of carbonyl (C=O) groups is 2. The zero-order valence-corrected chi connectivity index (χ0v) is 14.0. The van der Waals surface area contributed by atoms with E-state index in [1.807, 2.05) is 9.80 Å². The van der Waals surface area contributed by atoms with E-state index in [0.29, 0.717) is 19.5 Å². The Morgan fingerprint density at radius 3 is 2.91 bits per heavy atom. The van der Waals surface area contributed by atoms with Gasteiger partial charge in [-0.15, -0.1) is 0 Å². The molecule has 2 atom stereocenters. The Bertz CT molecular complexity index is 423. The number of ether oxygens (including phenoxy) is 1. The predicted molar refractivity (Wildman–Crippen MR) is 87.0 cm³/mol. The molecule has 3 fully saturated rings. The van der Waals surface area contributed by atoms with Crippen molar-refractivity contribution in [1.29, 1.82) is 0 Å². The summed E-state index contributed by atoms with van der Waals surface area (Å²) in [7, 11) is 0. The first-order valence-corrected chi connectivity index (χ1v) is 9.13. The lowest BCUT2D eigenvalue weighted by Crippen LogP contribution is -2.57. The number of carbonyl (C=O) groups excluding carboxylic acids is 2. The number of nitrogens with zero attached hydrogens (tertiary/aromatic N) is 2. The number of hydrogen-bond acceptors (Lipinski definition) is 4. The maximum atomic E-state index is 12.5. The van der Waals surface area contributed by atoms with Crippen LogP contribution in [0.15, 0.2) is 0 Å². The van der Waals surface area contributed by atoms with Gasteiger partial charge >= 0.3 is 0 Å². The molecule has 3 rings (SSSR count). The van der Waals surface area contributed by atoms with Crippen molar-refractivity contribution in [3.8, 4) is 0 Å². The molecule has 3 aliphatic heterocycles. The van der Waals surface area contributed by atoms with Gasteiger partial charge in [0.15, 0.2) is 0 Å². The van der Waals surface area contributed by atoms with Gasteiger partial charge in [0.1, 0.15) is 0 Å². The molecule has 0 aromatic rings. The third-order valence-corrected chi connectivity index (χ3v) is 5.27. The van der Waals surface area contributed by atoms with Gasteiger partial charge in [-0.1, -0.05) is 0 Å². The summed E-state index contributed by atoms with van der Waals surface area (Å²) in [6.07, 6.45) is 7.15. The molecule has 0 aromatic heterocycles. The monoisotopic (exact) mass is 323 g/mol. The molecular formula is C17H29N3O3. The summed E-state index contributed by atoms with van der Waals surface area (Å²) in [4.78, 5) is 28.5. The first-order chi connectivity index (χ1) is 11.2. The molecule has 23 heavy (non-hydrogen) atoms. The van der Waals surface area contributed by atoms with Crippen LogP contribution in [-0.2, 0) is 14.3 Å². The van der Waals surface area contributed by atoms with Crippen molar-refractivity contribution in [3.63, 3.8) is 0 Å². The van der Waals surface area contributed by atoms with Crippen molar-refractivity contribution < 1.29 is 14.3 Å². The van der Waals surface area contributed by atoms with Crippen LogP contribution in [-0.4, -0.2) is 73.1 Å². The van der Waals surface area contributed by atoms with E-state index in [1.54, 1.807) is 0 Å². The smallest absolute Gasteiger partial charge is 0.236 e. The van der Waals surface area contributed by atoms with Crippen molar-refractivity contribution in [2.45, 2.75) is 57.1 Å². The quantitative estimate of drug-likeness (QED) is 0.830. The van der Waals surface area contributed by atoms with Crippen molar-refractivity contribution in [1.82, 2.24) is 15.1 Å². The molecule has 0 saturated carbocycles. The van der Waals surface area contributed by atoms with Crippen LogP contribution in [0.1, 0.15) is 44.9 Å². The van der Waals surface area contributed by atoms with Gasteiger partial charge in [0.2, 0.25) is 11.8 Å². The molecule has 0 aromatic carbocycles. The van der Waals surface area contributed by atoms with E-state index in [9.17, 15) is 9.59 Å². The second kappa shape index (κ2) is 8.11. The van der Waals surface area contributed by atoms with Crippen LogP contribution in [0.4, 0.5) is 0 Å². The molecule has 3 aliphatic rings. The van der Waals surface area contributed by atoms with Crippen molar-refractivity contribution >= 4 is 11.8 Å². The molecule has 3 heterocycles. The molecule has 2 unspecified atom stereocenters. The summed E-state index contributed by atoms with van der Waals surface area (Å²) < 4.78 is 5.72. The number of nitrogens with one attached hydrogen (secondary N) is 1. The molecule has 0 bridgehead atoms. The number of likely N-dealkylation sites (tertiary alicyclic amines) is 1. The van der Waals surface area contributed by atoms with E-state index in [4.69, 9.17) is 4.74 Å². The number of piperidine rings is 1. The van der Waals surface area contributed by atoms with Crippen molar-refractivity contribution in [3.05, 3.63) is 0 Å². The maximum Gasteiger partial charge on any atom is 0.236 e. The fourth-order valence-corrected chi connectivity index (χ4v) is 3.92. The van der Waals surface area contributed by atoms with Gasteiger partial charge in [-0.25, -0.2) is 0 Å². The van der Waals surface area contributed by atoms with E-state index in [2.05, 4.69) is 5.32 Å². The molecule has 1 N–H and O–H groups in total. The zero-order valence-electron chi connectivity index (χ0n) is 14.0. The topological polar surface area (TPSA) is 61.9 Å². The minimum Gasteiger partial charge on any atom is -0.378 e. The normalized spacial score (nSPS) is 29.7. The van der Waals surface area contributed by atoms with E-state index >= 15 is 0 Å². The second-order valence-electron chi connectivity index (χ2n) is 6.93. The molecule has 0 spiro atoms. The summed E-state index contributed by atoms with van der Waals surface area (Å²) in [5.74, 6) is 0.401. The number of hydrogen-bond donors (Lipinski definition) is 1. The van der Waals surface area contributed by atoms with E-state index < -0.39 is 0 Å². The Morgan fingerprint density at radius 1 is 1.22 bits per heavy atom. The lowest BCUT2D eigenvalue weighted by Gasteiger charge is -2.41. The van der Waals surface area contributed by atoms with Crippen molar-refractivity contribution in [2.24, 2.45) is 0 Å². The molecule has 6 heteroatoms. The van der Waals surface area contributed by atoms with Gasteiger partial charge < -0.3 is 19.9 Å². The van der Waals surface area contributed by atoms with Crippen molar-refractivity contribution in [2.75, 3.05) is 39.3 Å². The standard InChI is InChI=1S/C17H29N3O3/c21-16(7-6-15-5-1-2-11-23-15)19-9-3-4-14(13-19)20-10-8-18-12-17(20)22/h14-15,18H,1-13H2. The first-order valence-electron chi connectivity index (χ1n) is 9.13. The lowest BCUT2D eigenvalue weighted by molar-refractivity contribution is -0.140. The summed E-state index contributed by atoms with van der Waals surface area (Å²) in [5.41, 5.74) is 0. The number of rotatable bonds is 4. The van der Waals surface area contributed by atoms with E-state index in [-0.39, 0.29) is 24.0 Å². The second-order valence-corrected chi connectivity index (χ2v) is 6.93. The molecular weight excluding hydrogens is 294 g/mol. The largest absolute Gasteiger partial charge is 0.378 e. The predicted octanol–water partition coefficient (Wildman–Crippen LogP) is 0.759. The third kappa shape index (κ3) is 4.44. The van der Waals surface area contributed by atoms with Crippen LogP contribution >= 0.6 is 0 Å². The van der Waals surface area contributed by atoms with Crippen LogP contribution < -0.4 is 5.32 Å². The SMILES string of the molecule is O=C(CCC1CCCCO1)N1CCCC(N2CCNCC2=O)C1. The average Bonchev–Trinajstić information content (AvgIpc) is 2.61. The van der Waals surface area contributed by atoms with Gasteiger partial charge in [-0.3, -0.25) is 9.59 Å². The Kier molecular flexibility index (Phi) is 5.89. The van der Waals surface area contributed by atoms with Gasteiger partial charge in [0, 0.05) is 45.2 Å². The van der Waals surface area contributed by atoms with Crippen LogP contribution in [0.5, 0.6) is 0 Å². The lowest BCUT2D eigenvalue weighted by atomic mass is 10.0. The highest BCUT2D eigenvalue weighted by atomic mass is 16.5. The molecule has 0 radical (unpaired) electrons. The molecule has 3 saturated heterocycles. The summed E-state index contributed by atoms with van der Waals surface area (Å²) in [6, 6.07) is 0.202. The van der Waals surface area contributed by atoms with Gasteiger partial charge in [-0.05, 0) is 38.5 Å². The van der Waals surface area contributed by atoms with E-state index in [1.165, 1.54) is 6.42 Å². The minimum absolute atomic E-state index is 0.172. The summed E-state index contributed by atoms with van der Waals surface area (Å²) in [5, 5.41) is 3.11. The Balaban J connectivity index is 1.47. The fraction of sp³-hybridized carbons (Fsp3) is 0.882. The van der Waals surface area contributed by atoms with Crippen LogP contribution in [0.25, 0.3) is 0 Å². The summed E-state index contributed by atoms with van der Waals surface area (Å²) in [6.45, 7) is 4.44. The van der Waals surface area contributed by atoms with Crippen LogP contribution in [0, 0.1) is 0 Å². The highest BCUT2D eigenvalue weighted by Crippen LogP contribution is 2.20. The zero-order chi connectivity index (χ0) is 16.1. The Morgan fingerprint density at radius 2 is 2.13 bits per heavy atom. The number of amides is 2. The van der Waals surface area contributed by atoms with E-state index in [0.717, 1.165) is 58.3 Å². The Labute approximate surface area is 138 Å². The number of piperazine rings is 1. The van der Waals surface area contributed by atoms with Crippen LogP contribution in [0.3, 0.4) is 0 Å². The van der Waals surface area contributed by atoms with Crippen LogP contribution in [0.2, 0.25) is 0 Å². The molecule has 0 aliphatic carbocycles. The molecule has 2 amide bonds. The average molecular weight is 323 g/mol. The Hall–Kier alpha value is -1.14.